The zero-order valence-electron chi connectivity index (χ0n) is 6.63. The highest BCUT2D eigenvalue weighted by molar-refractivity contribution is 9.09. The molecule has 1 aromatic rings. The van der Waals surface area contributed by atoms with E-state index in [0.29, 0.717) is 4.88 Å². The Morgan fingerprint density at radius 2 is 2.42 bits per heavy atom. The van der Waals surface area contributed by atoms with Crippen LogP contribution in [0.15, 0.2) is 6.07 Å². The quantitative estimate of drug-likeness (QED) is 0.836. The summed E-state index contributed by atoms with van der Waals surface area (Å²) in [5.74, 6) is -0.821. The Balaban J connectivity index is 2.92. The van der Waals surface area contributed by atoms with Crippen LogP contribution in [0.2, 0.25) is 0 Å². The lowest BCUT2D eigenvalue weighted by Crippen LogP contribution is -1.93. The van der Waals surface area contributed by atoms with Crippen LogP contribution >= 0.6 is 27.3 Å². The van der Waals surface area contributed by atoms with Crippen LogP contribution in [0.1, 0.15) is 20.1 Å². The smallest absolute Gasteiger partial charge is 0.346 e. The molecule has 0 aliphatic carbocycles. The SMILES string of the molecule is Cc1cc(CCBr)sc1C(=O)O. The van der Waals surface area contributed by atoms with Crippen LogP contribution in [0.25, 0.3) is 0 Å². The minimum Gasteiger partial charge on any atom is -0.477 e. The van der Waals surface area contributed by atoms with E-state index in [4.69, 9.17) is 5.11 Å². The van der Waals surface area contributed by atoms with Gasteiger partial charge in [-0.2, -0.15) is 0 Å². The molecule has 0 radical (unpaired) electrons. The van der Waals surface area contributed by atoms with Crippen molar-refractivity contribution in [3.63, 3.8) is 0 Å². The Labute approximate surface area is 83.4 Å². The summed E-state index contributed by atoms with van der Waals surface area (Å²) in [6.45, 7) is 1.83. The second-order valence-electron chi connectivity index (χ2n) is 2.47. The first-order chi connectivity index (χ1) is 5.65. The Bertz CT molecular complexity index is 293. The predicted octanol–water partition coefficient (Wildman–Crippen LogP) is 2.69. The van der Waals surface area contributed by atoms with E-state index >= 15 is 0 Å². The van der Waals surface area contributed by atoms with Crippen molar-refractivity contribution in [2.75, 3.05) is 5.33 Å². The van der Waals surface area contributed by atoms with E-state index in [1.165, 1.54) is 11.3 Å². The molecule has 0 unspecified atom stereocenters. The Morgan fingerprint density at radius 3 is 2.83 bits per heavy atom. The molecule has 0 saturated carbocycles. The van der Waals surface area contributed by atoms with E-state index < -0.39 is 5.97 Å². The molecule has 0 fully saturated rings. The highest BCUT2D eigenvalue weighted by Crippen LogP contribution is 2.22. The second kappa shape index (κ2) is 4.05. The van der Waals surface area contributed by atoms with Gasteiger partial charge in [-0.1, -0.05) is 15.9 Å². The van der Waals surface area contributed by atoms with Crippen LogP contribution in [0.3, 0.4) is 0 Å². The number of thiophene rings is 1. The van der Waals surface area contributed by atoms with E-state index in [-0.39, 0.29) is 0 Å². The highest BCUT2D eigenvalue weighted by atomic mass is 79.9. The number of halogens is 1. The third-order valence-electron chi connectivity index (χ3n) is 1.50. The van der Waals surface area contributed by atoms with Crippen molar-refractivity contribution < 1.29 is 9.90 Å². The van der Waals surface area contributed by atoms with Crippen LogP contribution < -0.4 is 0 Å². The van der Waals surface area contributed by atoms with Gasteiger partial charge in [-0.15, -0.1) is 11.3 Å². The molecule has 4 heteroatoms. The summed E-state index contributed by atoms with van der Waals surface area (Å²) < 4.78 is 0. The van der Waals surface area contributed by atoms with Crippen molar-refractivity contribution in [3.8, 4) is 0 Å². The van der Waals surface area contributed by atoms with Crippen molar-refractivity contribution in [2.45, 2.75) is 13.3 Å². The van der Waals surface area contributed by atoms with Crippen LogP contribution in [-0.4, -0.2) is 16.4 Å². The van der Waals surface area contributed by atoms with E-state index in [2.05, 4.69) is 15.9 Å². The number of aromatic carboxylic acids is 1. The maximum absolute atomic E-state index is 10.6. The van der Waals surface area contributed by atoms with Crippen molar-refractivity contribution in [1.82, 2.24) is 0 Å². The second-order valence-corrected chi connectivity index (χ2v) is 4.40. The van der Waals surface area contributed by atoms with Crippen LogP contribution in [0, 0.1) is 6.92 Å². The van der Waals surface area contributed by atoms with Crippen molar-refractivity contribution in [2.24, 2.45) is 0 Å². The fraction of sp³-hybridized carbons (Fsp3) is 0.375. The summed E-state index contributed by atoms with van der Waals surface area (Å²) in [6.07, 6.45) is 0.902. The standard InChI is InChI=1S/C8H9BrO2S/c1-5-4-6(2-3-9)12-7(5)8(10)11/h4H,2-3H2,1H3,(H,10,11). The van der Waals surface area contributed by atoms with Crippen molar-refractivity contribution in [1.29, 1.82) is 0 Å². The lowest BCUT2D eigenvalue weighted by molar-refractivity contribution is 0.0701. The fourth-order valence-electron chi connectivity index (χ4n) is 0.977. The Kier molecular flexibility index (Phi) is 3.29. The number of hydrogen-bond donors (Lipinski definition) is 1. The van der Waals surface area contributed by atoms with Crippen LogP contribution in [-0.2, 0) is 6.42 Å². The van der Waals surface area contributed by atoms with Crippen LogP contribution in [0.4, 0.5) is 0 Å². The van der Waals surface area contributed by atoms with Gasteiger partial charge in [0.05, 0.1) is 0 Å². The van der Waals surface area contributed by atoms with Gasteiger partial charge in [-0.3, -0.25) is 0 Å². The van der Waals surface area contributed by atoms with Gasteiger partial charge in [0.15, 0.2) is 0 Å². The third-order valence-corrected chi connectivity index (χ3v) is 3.19. The molecule has 0 saturated heterocycles. The molecule has 0 aliphatic rings. The van der Waals surface area contributed by atoms with Gasteiger partial charge < -0.3 is 5.11 Å². The number of aryl methyl sites for hydroxylation is 2. The lowest BCUT2D eigenvalue weighted by atomic mass is 10.2. The molecule has 12 heavy (non-hydrogen) atoms. The van der Waals surface area contributed by atoms with E-state index in [1.807, 2.05) is 13.0 Å². The molecule has 0 spiro atoms. The Hall–Kier alpha value is -0.350. The Morgan fingerprint density at radius 1 is 1.75 bits per heavy atom. The maximum Gasteiger partial charge on any atom is 0.346 e. The first-order valence-electron chi connectivity index (χ1n) is 3.53. The van der Waals surface area contributed by atoms with Gasteiger partial charge in [0.2, 0.25) is 0 Å². The number of hydrogen-bond acceptors (Lipinski definition) is 2. The molecule has 0 aliphatic heterocycles. The first-order valence-corrected chi connectivity index (χ1v) is 5.47. The minimum atomic E-state index is -0.821. The molecule has 1 heterocycles. The number of alkyl halides is 1. The van der Waals surface area contributed by atoms with Crippen LogP contribution in [0.5, 0.6) is 0 Å². The average molecular weight is 249 g/mol. The first kappa shape index (κ1) is 9.74. The third kappa shape index (κ3) is 2.08. The largest absolute Gasteiger partial charge is 0.477 e. The summed E-state index contributed by atoms with van der Waals surface area (Å²) in [5.41, 5.74) is 0.864. The molecular weight excluding hydrogens is 240 g/mol. The lowest BCUT2D eigenvalue weighted by Gasteiger charge is -1.87. The van der Waals surface area contributed by atoms with Gasteiger partial charge in [0.1, 0.15) is 4.88 Å². The molecule has 0 bridgehead atoms. The van der Waals surface area contributed by atoms with Gasteiger partial charge in [-0.25, -0.2) is 4.79 Å². The molecule has 0 atom stereocenters. The van der Waals surface area contributed by atoms with E-state index in [0.717, 1.165) is 22.2 Å². The van der Waals surface area contributed by atoms with Gasteiger partial charge >= 0.3 is 5.97 Å². The molecule has 1 aromatic heterocycles. The molecule has 0 amide bonds. The summed E-state index contributed by atoms with van der Waals surface area (Å²) >= 11 is 4.68. The zero-order valence-corrected chi connectivity index (χ0v) is 9.04. The molecular formula is C8H9BrO2S. The molecule has 2 nitrogen and oxygen atoms in total. The topological polar surface area (TPSA) is 37.3 Å². The predicted molar refractivity (Wildman–Crippen MR) is 53.5 cm³/mol. The molecule has 66 valence electrons. The number of carbonyl (C=O) groups is 1. The summed E-state index contributed by atoms with van der Waals surface area (Å²) in [4.78, 5) is 12.2. The maximum atomic E-state index is 10.6. The zero-order chi connectivity index (χ0) is 9.14. The number of carboxylic acids is 1. The van der Waals surface area contributed by atoms with Crippen molar-refractivity contribution in [3.05, 3.63) is 21.4 Å². The minimum absolute atomic E-state index is 0.464. The summed E-state index contributed by atoms with van der Waals surface area (Å²) in [5, 5.41) is 9.63. The van der Waals surface area contributed by atoms with Gasteiger partial charge in [0, 0.05) is 10.2 Å². The van der Waals surface area contributed by atoms with E-state index in [9.17, 15) is 4.79 Å². The van der Waals surface area contributed by atoms with Gasteiger partial charge in [-0.05, 0) is 25.0 Å². The van der Waals surface area contributed by atoms with E-state index in [1.54, 1.807) is 0 Å². The number of carboxylic acid groups (broad SMARTS) is 1. The molecule has 0 aromatic carbocycles. The average Bonchev–Trinajstić information content (AvgIpc) is 2.32. The normalized spacial score (nSPS) is 10.2. The summed E-state index contributed by atoms with van der Waals surface area (Å²) in [7, 11) is 0. The molecule has 1 rings (SSSR count). The summed E-state index contributed by atoms with van der Waals surface area (Å²) in [6, 6.07) is 1.94. The molecule has 1 N–H and O–H groups in total. The highest BCUT2D eigenvalue weighted by Gasteiger charge is 2.10. The fourth-order valence-corrected chi connectivity index (χ4v) is 2.68. The number of rotatable bonds is 3. The van der Waals surface area contributed by atoms with Gasteiger partial charge in [0.25, 0.3) is 0 Å². The van der Waals surface area contributed by atoms with Crippen molar-refractivity contribution >= 4 is 33.2 Å². The monoisotopic (exact) mass is 248 g/mol.